The summed E-state index contributed by atoms with van der Waals surface area (Å²) in [6.07, 6.45) is 1.97. The molecule has 1 unspecified atom stereocenters. The highest BCUT2D eigenvalue weighted by Crippen LogP contribution is 2.18. The minimum Gasteiger partial charge on any atom is -0.262 e. The molecule has 84 valence electrons. The van der Waals surface area contributed by atoms with Gasteiger partial charge in [0, 0.05) is 17.8 Å². The fourth-order valence-electron chi connectivity index (χ4n) is 1.24. The maximum absolute atomic E-state index is 12.0. The summed E-state index contributed by atoms with van der Waals surface area (Å²) < 4.78 is 24.0. The first-order valence-corrected chi connectivity index (χ1v) is 6.79. The van der Waals surface area contributed by atoms with Gasteiger partial charge in [-0.2, -0.15) is 0 Å². The minimum absolute atomic E-state index is 0.326. The standard InChI is InChI=1S/C10H14ClNO2S/c1-8-7-10(4-6-12-8)15(13,14)9(2)3-5-11/h4,6-7,9H,3,5H2,1-2H3. The van der Waals surface area contributed by atoms with Gasteiger partial charge in [0.05, 0.1) is 10.1 Å². The molecule has 0 N–H and O–H groups in total. The molecule has 0 amide bonds. The summed E-state index contributed by atoms with van der Waals surface area (Å²) >= 11 is 5.54. The number of hydrogen-bond acceptors (Lipinski definition) is 3. The third kappa shape index (κ3) is 2.92. The molecule has 1 heterocycles. The molecule has 5 heteroatoms. The Bertz CT molecular complexity index is 431. The molecular weight excluding hydrogens is 234 g/mol. The van der Waals surface area contributed by atoms with Crippen molar-refractivity contribution in [1.82, 2.24) is 4.98 Å². The number of aromatic nitrogens is 1. The van der Waals surface area contributed by atoms with E-state index in [9.17, 15) is 8.42 Å². The van der Waals surface area contributed by atoms with Crippen molar-refractivity contribution in [3.63, 3.8) is 0 Å². The van der Waals surface area contributed by atoms with Crippen LogP contribution in [-0.2, 0) is 9.84 Å². The molecule has 1 aromatic heterocycles. The molecule has 1 rings (SSSR count). The van der Waals surface area contributed by atoms with Crippen LogP contribution in [0, 0.1) is 6.92 Å². The number of nitrogens with zero attached hydrogens (tertiary/aromatic N) is 1. The quantitative estimate of drug-likeness (QED) is 0.767. The van der Waals surface area contributed by atoms with E-state index in [1.165, 1.54) is 12.3 Å². The zero-order valence-electron chi connectivity index (χ0n) is 8.77. The summed E-state index contributed by atoms with van der Waals surface area (Å²) in [5, 5.41) is -0.447. The Kier molecular flexibility index (Phi) is 4.11. The van der Waals surface area contributed by atoms with Crippen molar-refractivity contribution in [2.24, 2.45) is 0 Å². The average Bonchev–Trinajstić information content (AvgIpc) is 2.18. The fraction of sp³-hybridized carbons (Fsp3) is 0.500. The van der Waals surface area contributed by atoms with Crippen LogP contribution in [0.4, 0.5) is 0 Å². The maximum Gasteiger partial charge on any atom is 0.181 e. The van der Waals surface area contributed by atoms with Gasteiger partial charge in [-0.05, 0) is 32.4 Å². The van der Waals surface area contributed by atoms with Crippen molar-refractivity contribution in [3.05, 3.63) is 24.0 Å². The van der Waals surface area contributed by atoms with Crippen LogP contribution in [0.25, 0.3) is 0 Å². The van der Waals surface area contributed by atoms with Crippen LogP contribution < -0.4 is 0 Å². The van der Waals surface area contributed by atoms with Gasteiger partial charge in [0.15, 0.2) is 9.84 Å². The first-order valence-electron chi connectivity index (χ1n) is 4.71. The first kappa shape index (κ1) is 12.5. The molecule has 0 aliphatic rings. The number of pyridine rings is 1. The fourth-order valence-corrected chi connectivity index (χ4v) is 3.17. The van der Waals surface area contributed by atoms with Gasteiger partial charge in [-0.3, -0.25) is 4.98 Å². The predicted octanol–water partition coefficient (Wildman–Crippen LogP) is 2.18. The molecular formula is C10H14ClNO2S. The third-order valence-electron chi connectivity index (χ3n) is 2.24. The van der Waals surface area contributed by atoms with Crippen molar-refractivity contribution in [2.75, 3.05) is 5.88 Å². The van der Waals surface area contributed by atoms with Crippen LogP contribution in [0.2, 0.25) is 0 Å². The number of alkyl halides is 1. The summed E-state index contributed by atoms with van der Waals surface area (Å²) in [6.45, 7) is 3.44. The second-order valence-corrected chi connectivity index (χ2v) is 6.21. The Hall–Kier alpha value is -0.610. The van der Waals surface area contributed by atoms with E-state index in [-0.39, 0.29) is 0 Å². The second-order valence-electron chi connectivity index (χ2n) is 3.47. The Morgan fingerprint density at radius 1 is 1.53 bits per heavy atom. The molecule has 0 fully saturated rings. The van der Waals surface area contributed by atoms with Gasteiger partial charge >= 0.3 is 0 Å². The molecule has 0 radical (unpaired) electrons. The lowest BCUT2D eigenvalue weighted by atomic mass is 10.4. The largest absolute Gasteiger partial charge is 0.262 e. The summed E-state index contributed by atoms with van der Waals surface area (Å²) in [7, 11) is -3.25. The second kappa shape index (κ2) is 4.94. The van der Waals surface area contributed by atoms with E-state index in [0.717, 1.165) is 0 Å². The monoisotopic (exact) mass is 247 g/mol. The molecule has 0 spiro atoms. The number of halogens is 1. The van der Waals surface area contributed by atoms with Crippen LogP contribution in [0.15, 0.2) is 23.2 Å². The first-order chi connectivity index (χ1) is 6.98. The highest BCUT2D eigenvalue weighted by atomic mass is 35.5. The van der Waals surface area contributed by atoms with E-state index in [0.29, 0.717) is 22.9 Å². The highest BCUT2D eigenvalue weighted by Gasteiger charge is 2.22. The number of sulfone groups is 1. The van der Waals surface area contributed by atoms with Crippen molar-refractivity contribution < 1.29 is 8.42 Å². The molecule has 0 saturated heterocycles. The van der Waals surface area contributed by atoms with Crippen LogP contribution in [0.1, 0.15) is 19.0 Å². The molecule has 0 aliphatic heterocycles. The van der Waals surface area contributed by atoms with Crippen LogP contribution >= 0.6 is 11.6 Å². The van der Waals surface area contributed by atoms with Crippen molar-refractivity contribution >= 4 is 21.4 Å². The lowest BCUT2D eigenvalue weighted by molar-refractivity contribution is 0.581. The molecule has 0 saturated carbocycles. The zero-order valence-corrected chi connectivity index (χ0v) is 10.3. The van der Waals surface area contributed by atoms with Crippen molar-refractivity contribution in [2.45, 2.75) is 30.4 Å². The topological polar surface area (TPSA) is 47.0 Å². The Morgan fingerprint density at radius 2 is 2.20 bits per heavy atom. The molecule has 3 nitrogen and oxygen atoms in total. The van der Waals surface area contributed by atoms with Gasteiger partial charge < -0.3 is 0 Å². The highest BCUT2D eigenvalue weighted by molar-refractivity contribution is 7.92. The molecule has 1 atom stereocenters. The lowest BCUT2D eigenvalue weighted by Gasteiger charge is -2.11. The summed E-state index contributed by atoms with van der Waals surface area (Å²) in [6, 6.07) is 3.10. The van der Waals surface area contributed by atoms with Crippen molar-refractivity contribution in [3.8, 4) is 0 Å². The summed E-state index contributed by atoms with van der Waals surface area (Å²) in [5.74, 6) is 0.352. The molecule has 15 heavy (non-hydrogen) atoms. The normalized spacial score (nSPS) is 13.8. The van der Waals surface area contributed by atoms with Crippen molar-refractivity contribution in [1.29, 1.82) is 0 Å². The van der Waals surface area contributed by atoms with Gasteiger partial charge in [-0.1, -0.05) is 0 Å². The van der Waals surface area contributed by atoms with Gasteiger partial charge in [0.25, 0.3) is 0 Å². The predicted molar refractivity (Wildman–Crippen MR) is 61.0 cm³/mol. The number of hydrogen-bond donors (Lipinski definition) is 0. The Morgan fingerprint density at radius 3 is 2.73 bits per heavy atom. The molecule has 0 bridgehead atoms. The summed E-state index contributed by atoms with van der Waals surface area (Å²) in [5.41, 5.74) is 0.703. The molecule has 1 aromatic rings. The van der Waals surface area contributed by atoms with Crippen LogP contribution in [0.5, 0.6) is 0 Å². The van der Waals surface area contributed by atoms with Gasteiger partial charge in [-0.25, -0.2) is 8.42 Å². The Balaban J connectivity index is 3.06. The van der Waals surface area contributed by atoms with E-state index >= 15 is 0 Å². The Labute approximate surface area is 95.4 Å². The van der Waals surface area contributed by atoms with Gasteiger partial charge in [-0.15, -0.1) is 11.6 Å². The zero-order chi connectivity index (χ0) is 11.5. The molecule has 0 aliphatic carbocycles. The van der Waals surface area contributed by atoms with Crippen LogP contribution in [0.3, 0.4) is 0 Å². The van der Waals surface area contributed by atoms with E-state index in [1.807, 2.05) is 0 Å². The maximum atomic E-state index is 12.0. The molecule has 0 aromatic carbocycles. The average molecular weight is 248 g/mol. The van der Waals surface area contributed by atoms with E-state index < -0.39 is 15.1 Å². The number of aryl methyl sites for hydroxylation is 1. The minimum atomic E-state index is -3.25. The summed E-state index contributed by atoms with van der Waals surface area (Å²) in [4.78, 5) is 4.29. The smallest absolute Gasteiger partial charge is 0.181 e. The van der Waals surface area contributed by atoms with Crippen LogP contribution in [-0.4, -0.2) is 24.5 Å². The van der Waals surface area contributed by atoms with E-state index in [2.05, 4.69) is 4.98 Å². The SMILES string of the molecule is Cc1cc(S(=O)(=O)C(C)CCCl)ccn1. The lowest BCUT2D eigenvalue weighted by Crippen LogP contribution is -2.18. The van der Waals surface area contributed by atoms with Gasteiger partial charge in [0.2, 0.25) is 0 Å². The number of rotatable bonds is 4. The van der Waals surface area contributed by atoms with E-state index in [1.54, 1.807) is 19.9 Å². The van der Waals surface area contributed by atoms with E-state index in [4.69, 9.17) is 11.6 Å². The van der Waals surface area contributed by atoms with Gasteiger partial charge in [0.1, 0.15) is 0 Å². The third-order valence-corrected chi connectivity index (χ3v) is 4.67.